The van der Waals surface area contributed by atoms with E-state index in [0.29, 0.717) is 18.5 Å². The monoisotopic (exact) mass is 438 g/mol. The quantitative estimate of drug-likeness (QED) is 0.434. The van der Waals surface area contributed by atoms with E-state index in [9.17, 15) is 9.18 Å². The van der Waals surface area contributed by atoms with Crippen molar-refractivity contribution in [3.8, 4) is 10.4 Å². The molecule has 0 fully saturated rings. The van der Waals surface area contributed by atoms with Gasteiger partial charge in [-0.2, -0.15) is 0 Å². The molecule has 4 N–H and O–H groups in total. The molecule has 0 radical (unpaired) electrons. The first kappa shape index (κ1) is 21.5. The average Bonchev–Trinajstić information content (AvgIpc) is 3.41. The number of hydrogen-bond acceptors (Lipinski definition) is 5. The molecule has 0 aliphatic carbocycles. The predicted octanol–water partition coefficient (Wildman–Crippen LogP) is 5.10. The fraction of sp³-hybridized carbons (Fsp3) is 0.333. The summed E-state index contributed by atoms with van der Waals surface area (Å²) in [5.74, 6) is 0.237. The molecule has 0 unspecified atom stereocenters. The van der Waals surface area contributed by atoms with E-state index in [-0.39, 0.29) is 17.9 Å². The molecular formula is C24H27FN4OS. The molecule has 2 aromatic carbocycles. The molecule has 1 aromatic heterocycles. The molecule has 3 aromatic rings. The van der Waals surface area contributed by atoms with Gasteiger partial charge in [-0.3, -0.25) is 4.79 Å². The van der Waals surface area contributed by atoms with E-state index < -0.39 is 6.67 Å². The fourth-order valence-corrected chi connectivity index (χ4v) is 4.83. The number of nitrogens with one attached hydrogen (secondary N) is 2. The summed E-state index contributed by atoms with van der Waals surface area (Å²) >= 11 is 1.58. The van der Waals surface area contributed by atoms with Gasteiger partial charge in [0.1, 0.15) is 6.67 Å². The molecule has 0 saturated heterocycles. The highest BCUT2D eigenvalue weighted by Gasteiger charge is 2.20. The van der Waals surface area contributed by atoms with Gasteiger partial charge in [0, 0.05) is 30.4 Å². The first-order valence-electron chi connectivity index (χ1n) is 10.6. The van der Waals surface area contributed by atoms with E-state index in [1.807, 2.05) is 42.6 Å². The summed E-state index contributed by atoms with van der Waals surface area (Å²) in [4.78, 5) is 17.1. The van der Waals surface area contributed by atoms with Gasteiger partial charge in [0.2, 0.25) is 5.91 Å². The number of halogens is 1. The maximum atomic E-state index is 12.8. The van der Waals surface area contributed by atoms with Crippen LogP contribution in [0.15, 0.2) is 48.7 Å². The molecule has 31 heavy (non-hydrogen) atoms. The molecule has 2 atom stereocenters. The molecule has 0 saturated carbocycles. The van der Waals surface area contributed by atoms with Gasteiger partial charge in [0.25, 0.3) is 0 Å². The largest absolute Gasteiger partial charge is 0.360 e. The van der Waals surface area contributed by atoms with Crippen LogP contribution in [0, 0.1) is 0 Å². The number of carbonyl (C=O) groups is 1. The topological polar surface area (TPSA) is 80.0 Å². The number of nitrogens with zero attached hydrogens (tertiary/aromatic N) is 1. The van der Waals surface area contributed by atoms with Crippen molar-refractivity contribution in [1.82, 2.24) is 4.98 Å². The number of thiazole rings is 1. The first-order valence-corrected chi connectivity index (χ1v) is 11.4. The van der Waals surface area contributed by atoms with Crippen LogP contribution in [-0.2, 0) is 17.9 Å². The second kappa shape index (κ2) is 9.58. The lowest BCUT2D eigenvalue weighted by molar-refractivity contribution is -0.115. The summed E-state index contributed by atoms with van der Waals surface area (Å²) in [6, 6.07) is 13.6. The Morgan fingerprint density at radius 2 is 2.06 bits per heavy atom. The van der Waals surface area contributed by atoms with Gasteiger partial charge in [-0.15, -0.1) is 0 Å². The lowest BCUT2D eigenvalue weighted by atomic mass is 9.87. The summed E-state index contributed by atoms with van der Waals surface area (Å²) in [5.41, 5.74) is 11.4. The third-order valence-electron chi connectivity index (χ3n) is 5.69. The minimum atomic E-state index is -0.449. The third kappa shape index (κ3) is 4.94. The summed E-state index contributed by atoms with van der Waals surface area (Å²) in [6.45, 7) is 2.30. The Morgan fingerprint density at radius 1 is 1.26 bits per heavy atom. The number of alkyl halides is 1. The third-order valence-corrected chi connectivity index (χ3v) is 6.69. The normalized spacial score (nSPS) is 14.7. The van der Waals surface area contributed by atoms with Crippen molar-refractivity contribution in [3.05, 3.63) is 65.4 Å². The molecule has 0 spiro atoms. The van der Waals surface area contributed by atoms with Crippen LogP contribution in [0.5, 0.6) is 0 Å². The fourth-order valence-electron chi connectivity index (χ4n) is 4.01. The standard InChI is InChI=1S/C24H27FN4OS/c1-2-3-19(16-6-4-15(12-25)5-7-16)20(26)13-27-24-28-14-22(31-24)17-8-9-21-18(10-17)11-23(30)29-21/h4-10,14,19-20H,2-3,11-13,26H2,1H3,(H,27,28)(H,29,30)/t19-,20+/m0/s1. The Hall–Kier alpha value is -2.77. The molecule has 0 bridgehead atoms. The van der Waals surface area contributed by atoms with Crippen molar-refractivity contribution in [2.24, 2.45) is 5.73 Å². The highest BCUT2D eigenvalue weighted by atomic mass is 32.1. The van der Waals surface area contributed by atoms with Crippen molar-refractivity contribution in [1.29, 1.82) is 0 Å². The van der Waals surface area contributed by atoms with Crippen LogP contribution in [0.1, 0.15) is 42.4 Å². The van der Waals surface area contributed by atoms with Crippen molar-refractivity contribution in [2.45, 2.75) is 44.8 Å². The first-order chi connectivity index (χ1) is 15.1. The van der Waals surface area contributed by atoms with E-state index in [1.54, 1.807) is 11.3 Å². The number of benzene rings is 2. The van der Waals surface area contributed by atoms with Crippen molar-refractivity contribution in [2.75, 3.05) is 17.2 Å². The van der Waals surface area contributed by atoms with Crippen LogP contribution in [0.25, 0.3) is 10.4 Å². The number of fused-ring (bicyclic) bond motifs is 1. The Bertz CT molecular complexity index is 1050. The molecule has 5 nitrogen and oxygen atoms in total. The molecule has 2 heterocycles. The van der Waals surface area contributed by atoms with Gasteiger partial charge in [-0.25, -0.2) is 9.37 Å². The molecule has 162 valence electrons. The molecule has 1 aliphatic heterocycles. The van der Waals surface area contributed by atoms with E-state index in [4.69, 9.17) is 5.73 Å². The Morgan fingerprint density at radius 3 is 2.81 bits per heavy atom. The van der Waals surface area contributed by atoms with Crippen LogP contribution in [0.4, 0.5) is 15.2 Å². The molecule has 4 rings (SSSR count). The number of aromatic nitrogens is 1. The zero-order chi connectivity index (χ0) is 21.8. The maximum Gasteiger partial charge on any atom is 0.228 e. The van der Waals surface area contributed by atoms with E-state index >= 15 is 0 Å². The van der Waals surface area contributed by atoms with Crippen LogP contribution in [0.2, 0.25) is 0 Å². The van der Waals surface area contributed by atoms with Gasteiger partial charge in [0.05, 0.1) is 11.3 Å². The lowest BCUT2D eigenvalue weighted by Crippen LogP contribution is -2.35. The summed E-state index contributed by atoms with van der Waals surface area (Å²) in [6.07, 6.45) is 4.28. The predicted molar refractivity (Wildman–Crippen MR) is 125 cm³/mol. The van der Waals surface area contributed by atoms with E-state index in [1.165, 1.54) is 0 Å². The zero-order valence-corrected chi connectivity index (χ0v) is 18.3. The Kier molecular flexibility index (Phi) is 6.63. The number of anilines is 2. The van der Waals surface area contributed by atoms with E-state index in [0.717, 1.165) is 45.2 Å². The average molecular weight is 439 g/mol. The van der Waals surface area contributed by atoms with Gasteiger partial charge in [0.15, 0.2) is 5.13 Å². The number of amides is 1. The van der Waals surface area contributed by atoms with Crippen LogP contribution >= 0.6 is 11.3 Å². The van der Waals surface area contributed by atoms with Crippen LogP contribution in [-0.4, -0.2) is 23.5 Å². The smallest absolute Gasteiger partial charge is 0.228 e. The minimum absolute atomic E-state index is 0.0359. The Labute approximate surface area is 185 Å². The highest BCUT2D eigenvalue weighted by Crippen LogP contribution is 2.33. The molecule has 1 aliphatic rings. The lowest BCUT2D eigenvalue weighted by Gasteiger charge is -2.24. The number of rotatable bonds is 9. The second-order valence-electron chi connectivity index (χ2n) is 7.94. The minimum Gasteiger partial charge on any atom is -0.360 e. The summed E-state index contributed by atoms with van der Waals surface area (Å²) in [7, 11) is 0. The number of hydrogen-bond donors (Lipinski definition) is 3. The second-order valence-corrected chi connectivity index (χ2v) is 8.97. The summed E-state index contributed by atoms with van der Waals surface area (Å²) < 4.78 is 12.8. The molecule has 1 amide bonds. The number of carbonyl (C=O) groups excluding carboxylic acids is 1. The molecule has 7 heteroatoms. The maximum absolute atomic E-state index is 12.8. The molecular weight excluding hydrogens is 411 g/mol. The van der Waals surface area contributed by atoms with E-state index in [2.05, 4.69) is 28.6 Å². The van der Waals surface area contributed by atoms with Crippen LogP contribution in [0.3, 0.4) is 0 Å². The van der Waals surface area contributed by atoms with Gasteiger partial charge in [-0.05, 0) is 40.8 Å². The van der Waals surface area contributed by atoms with Gasteiger partial charge < -0.3 is 16.4 Å². The zero-order valence-electron chi connectivity index (χ0n) is 17.5. The summed E-state index contributed by atoms with van der Waals surface area (Å²) in [5, 5.41) is 7.06. The number of nitrogens with two attached hydrogens (primary N) is 1. The SMILES string of the molecule is CCC[C@@H](c1ccc(CF)cc1)[C@H](N)CNc1ncc(-c2ccc3c(c2)CC(=O)N3)s1. The van der Waals surface area contributed by atoms with Crippen molar-refractivity contribution >= 4 is 28.1 Å². The highest BCUT2D eigenvalue weighted by molar-refractivity contribution is 7.18. The van der Waals surface area contributed by atoms with Crippen LogP contribution < -0.4 is 16.4 Å². The van der Waals surface area contributed by atoms with Gasteiger partial charge >= 0.3 is 0 Å². The Balaban J connectivity index is 1.41. The van der Waals surface area contributed by atoms with Gasteiger partial charge in [-0.1, -0.05) is 55.0 Å². The van der Waals surface area contributed by atoms with Crippen molar-refractivity contribution < 1.29 is 9.18 Å². The van der Waals surface area contributed by atoms with Crippen molar-refractivity contribution in [3.63, 3.8) is 0 Å².